The van der Waals surface area contributed by atoms with Crippen molar-refractivity contribution in [3.8, 4) is 11.5 Å². The first-order chi connectivity index (χ1) is 9.26. The maximum atomic E-state index is 5.71. The molecule has 1 aromatic rings. The monoisotopic (exact) mass is 266 g/mol. The maximum absolute atomic E-state index is 5.71. The van der Waals surface area contributed by atoms with E-state index in [0.717, 1.165) is 50.1 Å². The third-order valence-corrected chi connectivity index (χ3v) is 3.13. The van der Waals surface area contributed by atoms with E-state index >= 15 is 0 Å². The van der Waals surface area contributed by atoms with Crippen LogP contribution in [-0.2, 0) is 0 Å². The van der Waals surface area contributed by atoms with Gasteiger partial charge in [-0.05, 0) is 44.0 Å². The van der Waals surface area contributed by atoms with Crippen LogP contribution >= 0.6 is 0 Å². The summed E-state index contributed by atoms with van der Waals surface area (Å²) in [4.78, 5) is 0. The van der Waals surface area contributed by atoms with Gasteiger partial charge in [0.15, 0.2) is 0 Å². The van der Waals surface area contributed by atoms with Crippen LogP contribution in [-0.4, -0.2) is 25.8 Å². The number of hydrogen-bond donors (Lipinski definition) is 1. The molecule has 19 heavy (non-hydrogen) atoms. The van der Waals surface area contributed by atoms with E-state index in [1.165, 1.54) is 6.42 Å². The van der Waals surface area contributed by atoms with Crippen LogP contribution in [0.2, 0.25) is 0 Å². The van der Waals surface area contributed by atoms with E-state index in [1.807, 2.05) is 24.3 Å². The Morgan fingerprint density at radius 3 is 2.11 bits per heavy atom. The predicted molar refractivity (Wildman–Crippen MR) is 78.9 cm³/mol. The number of benzene rings is 1. The highest BCUT2D eigenvalue weighted by Crippen LogP contribution is 2.17. The minimum atomic E-state index is 0.718. The molecule has 3 nitrogen and oxygen atoms in total. The van der Waals surface area contributed by atoms with E-state index in [2.05, 4.69) is 26.1 Å². The van der Waals surface area contributed by atoms with Crippen LogP contribution in [0.15, 0.2) is 24.3 Å². The van der Waals surface area contributed by atoms with Gasteiger partial charge in [0.05, 0.1) is 25.8 Å². The van der Waals surface area contributed by atoms with Crippen LogP contribution in [0, 0.1) is 0 Å². The molecule has 0 aliphatic carbocycles. The normalized spacial score (nSPS) is 12.2. The first kappa shape index (κ1) is 15.8. The molecule has 0 fully saturated rings. The average Bonchev–Trinajstić information content (AvgIpc) is 2.45. The zero-order valence-corrected chi connectivity index (χ0v) is 12.5. The van der Waals surface area contributed by atoms with E-state index in [1.54, 1.807) is 0 Å². The Bertz CT molecular complexity index is 324. The Labute approximate surface area is 117 Å². The first-order valence-electron chi connectivity index (χ1n) is 7.45. The topological polar surface area (TPSA) is 35.1 Å². The molecule has 0 saturated heterocycles. The largest absolute Gasteiger partial charge is 0.494 e. The summed E-state index contributed by atoms with van der Waals surface area (Å²) in [6.07, 6.45) is 3.34. The van der Waals surface area contributed by atoms with Crippen molar-refractivity contribution in [2.75, 3.05) is 19.8 Å². The van der Waals surface area contributed by atoms with Crippen molar-refractivity contribution in [2.45, 2.75) is 46.1 Å². The molecule has 0 saturated carbocycles. The molecule has 3 heteroatoms. The van der Waals surface area contributed by atoms with E-state index in [0.29, 0.717) is 0 Å². The highest BCUT2D eigenvalue weighted by Gasteiger charge is 2.00. The second-order valence-electron chi connectivity index (χ2n) is 4.93. The van der Waals surface area contributed by atoms with Gasteiger partial charge in [0.2, 0.25) is 0 Å². The molecule has 1 atom stereocenters. The zero-order valence-electron chi connectivity index (χ0n) is 12.5. The van der Waals surface area contributed by atoms with Crippen LogP contribution in [0.3, 0.4) is 0 Å². The lowest BCUT2D eigenvalue weighted by Crippen LogP contribution is -2.89. The summed E-state index contributed by atoms with van der Waals surface area (Å²) in [5, 5.41) is 2.38. The van der Waals surface area contributed by atoms with Crippen molar-refractivity contribution in [2.24, 2.45) is 0 Å². The number of quaternary nitrogens is 1. The van der Waals surface area contributed by atoms with Gasteiger partial charge in [-0.1, -0.05) is 13.8 Å². The summed E-state index contributed by atoms with van der Waals surface area (Å²) in [6.45, 7) is 9.27. The van der Waals surface area contributed by atoms with Crippen LogP contribution < -0.4 is 14.8 Å². The molecule has 0 bridgehead atoms. The van der Waals surface area contributed by atoms with Gasteiger partial charge in [0.1, 0.15) is 11.5 Å². The fraction of sp³-hybridized carbons (Fsp3) is 0.625. The highest BCUT2D eigenvalue weighted by molar-refractivity contribution is 5.31. The fourth-order valence-corrected chi connectivity index (χ4v) is 1.69. The molecule has 0 aliphatic rings. The average molecular weight is 266 g/mol. The molecule has 2 N–H and O–H groups in total. The number of nitrogens with two attached hydrogens (primary N) is 1. The Hall–Kier alpha value is -1.22. The quantitative estimate of drug-likeness (QED) is 0.661. The third kappa shape index (κ3) is 7.06. The SMILES string of the molecule is CCCOc1ccc(OCCC[NH2+][C@@H](C)CC)cc1. The van der Waals surface area contributed by atoms with Crippen LogP contribution in [0.25, 0.3) is 0 Å². The zero-order chi connectivity index (χ0) is 13.9. The van der Waals surface area contributed by atoms with Crippen molar-refractivity contribution in [1.82, 2.24) is 0 Å². The van der Waals surface area contributed by atoms with Crippen LogP contribution in [0.5, 0.6) is 11.5 Å². The number of ether oxygens (including phenoxy) is 2. The van der Waals surface area contributed by atoms with Crippen molar-refractivity contribution in [3.63, 3.8) is 0 Å². The summed E-state index contributed by atoms with van der Waals surface area (Å²) in [7, 11) is 0. The number of rotatable bonds is 10. The summed E-state index contributed by atoms with van der Waals surface area (Å²) in [5.74, 6) is 1.84. The molecule has 1 rings (SSSR count). The Morgan fingerprint density at radius 1 is 1.00 bits per heavy atom. The Balaban J connectivity index is 2.15. The van der Waals surface area contributed by atoms with Gasteiger partial charge in [-0.15, -0.1) is 0 Å². The minimum absolute atomic E-state index is 0.718. The van der Waals surface area contributed by atoms with Crippen molar-refractivity contribution in [1.29, 1.82) is 0 Å². The second-order valence-corrected chi connectivity index (χ2v) is 4.93. The van der Waals surface area contributed by atoms with E-state index in [9.17, 15) is 0 Å². The van der Waals surface area contributed by atoms with Crippen LogP contribution in [0.4, 0.5) is 0 Å². The molecule has 108 valence electrons. The lowest BCUT2D eigenvalue weighted by Gasteiger charge is -2.09. The van der Waals surface area contributed by atoms with E-state index in [-0.39, 0.29) is 0 Å². The van der Waals surface area contributed by atoms with Gasteiger partial charge in [0.25, 0.3) is 0 Å². The van der Waals surface area contributed by atoms with Gasteiger partial charge in [-0.2, -0.15) is 0 Å². The first-order valence-corrected chi connectivity index (χ1v) is 7.45. The highest BCUT2D eigenvalue weighted by atomic mass is 16.5. The third-order valence-electron chi connectivity index (χ3n) is 3.13. The van der Waals surface area contributed by atoms with Gasteiger partial charge < -0.3 is 14.8 Å². The van der Waals surface area contributed by atoms with Gasteiger partial charge >= 0.3 is 0 Å². The standard InChI is InChI=1S/C16H27NO2/c1-4-12-18-15-7-9-16(10-8-15)19-13-6-11-17-14(3)5-2/h7-10,14,17H,4-6,11-13H2,1-3H3/p+1/t14-/m0/s1. The van der Waals surface area contributed by atoms with Crippen molar-refractivity contribution < 1.29 is 14.8 Å². The predicted octanol–water partition coefficient (Wildman–Crippen LogP) is 2.61. The van der Waals surface area contributed by atoms with E-state index < -0.39 is 0 Å². The van der Waals surface area contributed by atoms with Gasteiger partial charge in [0, 0.05) is 6.42 Å². The summed E-state index contributed by atoms with van der Waals surface area (Å²) >= 11 is 0. The van der Waals surface area contributed by atoms with Crippen LogP contribution in [0.1, 0.15) is 40.0 Å². The van der Waals surface area contributed by atoms with Gasteiger partial charge in [-0.25, -0.2) is 0 Å². The maximum Gasteiger partial charge on any atom is 0.119 e. The summed E-state index contributed by atoms with van der Waals surface area (Å²) < 4.78 is 11.2. The molecular formula is C16H28NO2+. The molecular weight excluding hydrogens is 238 g/mol. The Kier molecular flexibility index (Phi) is 8.07. The van der Waals surface area contributed by atoms with Crippen molar-refractivity contribution >= 4 is 0 Å². The summed E-state index contributed by atoms with van der Waals surface area (Å²) in [6, 6.07) is 8.61. The van der Waals surface area contributed by atoms with Crippen molar-refractivity contribution in [3.05, 3.63) is 24.3 Å². The summed E-state index contributed by atoms with van der Waals surface area (Å²) in [5.41, 5.74) is 0. The molecule has 0 radical (unpaired) electrons. The molecule has 0 aromatic heterocycles. The second kappa shape index (κ2) is 9.68. The fourth-order valence-electron chi connectivity index (χ4n) is 1.69. The lowest BCUT2D eigenvalue weighted by atomic mass is 10.2. The molecule has 0 unspecified atom stereocenters. The molecule has 0 amide bonds. The molecule has 0 aliphatic heterocycles. The number of hydrogen-bond acceptors (Lipinski definition) is 2. The lowest BCUT2D eigenvalue weighted by molar-refractivity contribution is -0.686. The molecule has 0 spiro atoms. The smallest absolute Gasteiger partial charge is 0.119 e. The molecule has 0 heterocycles. The minimum Gasteiger partial charge on any atom is -0.494 e. The Morgan fingerprint density at radius 2 is 1.58 bits per heavy atom. The van der Waals surface area contributed by atoms with E-state index in [4.69, 9.17) is 9.47 Å². The molecule has 1 aromatic carbocycles. The van der Waals surface area contributed by atoms with Gasteiger partial charge in [-0.3, -0.25) is 0 Å².